The van der Waals surface area contributed by atoms with Gasteiger partial charge in [0.25, 0.3) is 0 Å². The highest BCUT2D eigenvalue weighted by Gasteiger charge is 2.66. The van der Waals surface area contributed by atoms with Gasteiger partial charge in [-0.3, -0.25) is 0 Å². The number of benzene rings is 1. The minimum Gasteiger partial charge on any atom is -0.490 e. The van der Waals surface area contributed by atoms with Gasteiger partial charge in [0.2, 0.25) is 0 Å². The van der Waals surface area contributed by atoms with Gasteiger partial charge in [0, 0.05) is 11.6 Å². The van der Waals surface area contributed by atoms with Crippen LogP contribution in [0, 0.1) is 5.92 Å². The second-order valence-corrected chi connectivity index (χ2v) is 10.1. The van der Waals surface area contributed by atoms with E-state index in [1.807, 2.05) is 26.8 Å². The van der Waals surface area contributed by atoms with Crippen LogP contribution in [0.15, 0.2) is 24.0 Å². The maximum Gasteiger partial charge on any atom is 0.378 e. The average molecular weight is 474 g/mol. The van der Waals surface area contributed by atoms with Crippen molar-refractivity contribution in [1.29, 1.82) is 0 Å². The molecule has 3 N–H and O–H groups in total. The van der Waals surface area contributed by atoms with Gasteiger partial charge in [0.15, 0.2) is 17.3 Å². The molecule has 7 nitrogen and oxygen atoms in total. The fraction of sp³-hybridized carbons (Fsp3) is 0.667. The van der Waals surface area contributed by atoms with E-state index in [9.17, 15) is 15.0 Å². The Bertz CT molecular complexity index is 953. The molecule has 5 unspecified atom stereocenters. The smallest absolute Gasteiger partial charge is 0.378 e. The molecule has 5 atom stereocenters. The van der Waals surface area contributed by atoms with Crippen LogP contribution in [0.1, 0.15) is 70.9 Å². The number of carbonyl (C=O) groups excluding carboxylic acids is 1. The lowest BCUT2D eigenvalue weighted by Crippen LogP contribution is -2.69. The summed E-state index contributed by atoms with van der Waals surface area (Å²) in [4.78, 5) is 12.6. The fourth-order valence-corrected chi connectivity index (χ4v) is 6.20. The highest BCUT2D eigenvalue weighted by molar-refractivity contribution is 5.88. The number of hydrogen-bond acceptors (Lipinski definition) is 7. The highest BCUT2D eigenvalue weighted by atomic mass is 16.6. The maximum atomic E-state index is 12.6. The fourth-order valence-electron chi connectivity index (χ4n) is 6.20. The average Bonchev–Trinajstić information content (AvgIpc) is 3.16. The van der Waals surface area contributed by atoms with Crippen LogP contribution in [0.25, 0.3) is 0 Å². The maximum absolute atomic E-state index is 12.6. The van der Waals surface area contributed by atoms with Gasteiger partial charge in [0.1, 0.15) is 6.10 Å². The first-order valence-electron chi connectivity index (χ1n) is 12.6. The van der Waals surface area contributed by atoms with Crippen molar-refractivity contribution in [3.8, 4) is 11.5 Å². The number of ether oxygens (including phenoxy) is 3. The van der Waals surface area contributed by atoms with Crippen molar-refractivity contribution in [1.82, 2.24) is 5.32 Å². The Morgan fingerprint density at radius 2 is 2.09 bits per heavy atom. The van der Waals surface area contributed by atoms with Gasteiger partial charge in [-0.05, 0) is 76.1 Å². The quantitative estimate of drug-likeness (QED) is 0.219. The predicted octanol–water partition coefficient (Wildman–Crippen LogP) is 3.39. The molecule has 7 heteroatoms. The van der Waals surface area contributed by atoms with Crippen LogP contribution in [0.2, 0.25) is 0 Å². The number of aliphatic hydroxyl groups excluding tert-OH is 1. The molecule has 1 aromatic rings. The summed E-state index contributed by atoms with van der Waals surface area (Å²) in [6, 6.07) is 3.53. The number of aliphatic hydroxyl groups is 2. The number of esters is 1. The second kappa shape index (κ2) is 9.51. The van der Waals surface area contributed by atoms with Crippen LogP contribution in [0.4, 0.5) is 0 Å². The number of methoxy groups -OCH3 is 1. The normalized spacial score (nSPS) is 31.3. The molecule has 34 heavy (non-hydrogen) atoms. The number of allylic oxidation sites excluding steroid dienone is 1. The molecule has 0 amide bonds. The van der Waals surface area contributed by atoms with Crippen LogP contribution >= 0.6 is 0 Å². The van der Waals surface area contributed by atoms with Crippen molar-refractivity contribution < 1.29 is 29.2 Å². The van der Waals surface area contributed by atoms with E-state index in [1.54, 1.807) is 19.1 Å². The van der Waals surface area contributed by atoms with E-state index in [0.29, 0.717) is 30.9 Å². The molecular weight excluding hydrogens is 434 g/mol. The van der Waals surface area contributed by atoms with Crippen LogP contribution in [-0.4, -0.2) is 53.7 Å². The van der Waals surface area contributed by atoms with Crippen molar-refractivity contribution in [2.75, 3.05) is 13.7 Å². The Labute approximate surface area is 202 Å². The lowest BCUT2D eigenvalue weighted by atomic mass is 9.55. The molecule has 1 saturated carbocycles. The van der Waals surface area contributed by atoms with Gasteiger partial charge in [-0.25, -0.2) is 4.79 Å². The Balaban J connectivity index is 1.79. The van der Waals surface area contributed by atoms with Crippen LogP contribution < -0.4 is 14.8 Å². The van der Waals surface area contributed by atoms with Crippen LogP contribution in [0.5, 0.6) is 11.5 Å². The predicted molar refractivity (Wildman–Crippen MR) is 129 cm³/mol. The summed E-state index contributed by atoms with van der Waals surface area (Å²) in [6.07, 6.45) is 5.51. The Hall–Kier alpha value is -2.09. The molecule has 188 valence electrons. The number of rotatable bonds is 9. The first-order chi connectivity index (χ1) is 16.2. The number of hydrogen-bond donors (Lipinski definition) is 3. The topological polar surface area (TPSA) is 97.3 Å². The summed E-state index contributed by atoms with van der Waals surface area (Å²) in [5.74, 6) is 0.858. The molecule has 2 aliphatic carbocycles. The molecule has 0 saturated heterocycles. The number of carbonyl (C=O) groups is 1. The van der Waals surface area contributed by atoms with Crippen molar-refractivity contribution >= 4 is 5.97 Å². The van der Waals surface area contributed by atoms with E-state index in [2.05, 4.69) is 5.32 Å². The minimum absolute atomic E-state index is 0.0991. The van der Waals surface area contributed by atoms with Gasteiger partial charge >= 0.3 is 5.97 Å². The zero-order valence-corrected chi connectivity index (χ0v) is 21.0. The molecule has 1 fully saturated rings. The van der Waals surface area contributed by atoms with Crippen molar-refractivity contribution in [3.63, 3.8) is 0 Å². The molecule has 1 heterocycles. The zero-order chi connectivity index (χ0) is 24.7. The summed E-state index contributed by atoms with van der Waals surface area (Å²) in [5, 5.41) is 26.9. The third-order valence-corrected chi connectivity index (χ3v) is 8.48. The van der Waals surface area contributed by atoms with Crippen LogP contribution in [0.3, 0.4) is 0 Å². The SMILES string of the molecule is C/C=C(\OC)C(=O)Oc1ccc2c3c1OC(C(O)CC)C3(CC)C(C)(O)C(NCC1CCC1)C2. The summed E-state index contributed by atoms with van der Waals surface area (Å²) >= 11 is 0. The lowest BCUT2D eigenvalue weighted by Gasteiger charge is -2.54. The molecule has 0 radical (unpaired) electrons. The van der Waals surface area contributed by atoms with E-state index < -0.39 is 29.2 Å². The first-order valence-corrected chi connectivity index (χ1v) is 12.6. The van der Waals surface area contributed by atoms with Gasteiger partial charge in [-0.15, -0.1) is 0 Å². The van der Waals surface area contributed by atoms with E-state index in [-0.39, 0.29) is 17.6 Å². The van der Waals surface area contributed by atoms with Gasteiger partial charge in [0.05, 0.1) is 24.2 Å². The van der Waals surface area contributed by atoms with Crippen molar-refractivity contribution in [2.45, 2.75) is 95.5 Å². The first kappa shape index (κ1) is 25.0. The Morgan fingerprint density at radius 3 is 2.65 bits per heavy atom. The van der Waals surface area contributed by atoms with Gasteiger partial charge in [-0.1, -0.05) is 26.3 Å². The zero-order valence-electron chi connectivity index (χ0n) is 21.0. The van der Waals surface area contributed by atoms with Crippen molar-refractivity contribution in [3.05, 3.63) is 35.1 Å². The molecule has 4 rings (SSSR count). The third kappa shape index (κ3) is 3.73. The standard InChI is InChI=1S/C27H39NO6/c1-6-18(29)24-27(8-3)22-17(14-21(26(27,4)31)28-15-16-10-9-11-16)12-13-20(23(22)34-24)33-25(30)19(7-2)32-5/h7,12-13,16,18,21,24,28-29,31H,6,8-11,14-15H2,1-5H3/b19-7-. The minimum atomic E-state index is -1.19. The highest BCUT2D eigenvalue weighted by Crippen LogP contribution is 2.60. The van der Waals surface area contributed by atoms with E-state index in [4.69, 9.17) is 14.2 Å². The number of nitrogens with one attached hydrogen (secondary N) is 1. The molecule has 1 aromatic carbocycles. The summed E-state index contributed by atoms with van der Waals surface area (Å²) in [6.45, 7) is 8.38. The summed E-state index contributed by atoms with van der Waals surface area (Å²) in [7, 11) is 1.42. The monoisotopic (exact) mass is 473 g/mol. The molecule has 3 aliphatic rings. The molecule has 1 aliphatic heterocycles. The molecule has 0 aromatic heterocycles. The molecular formula is C27H39NO6. The molecule has 0 spiro atoms. The van der Waals surface area contributed by atoms with Crippen LogP contribution in [-0.2, 0) is 21.4 Å². The summed E-state index contributed by atoms with van der Waals surface area (Å²) in [5.41, 5.74) is -0.133. The van der Waals surface area contributed by atoms with E-state index >= 15 is 0 Å². The summed E-state index contributed by atoms with van der Waals surface area (Å²) < 4.78 is 17.2. The molecule has 0 bridgehead atoms. The third-order valence-electron chi connectivity index (χ3n) is 8.48. The Morgan fingerprint density at radius 1 is 1.35 bits per heavy atom. The van der Waals surface area contributed by atoms with Gasteiger partial charge in [-0.2, -0.15) is 0 Å². The Kier molecular flexibility index (Phi) is 7.00. The second-order valence-electron chi connectivity index (χ2n) is 10.1. The van der Waals surface area contributed by atoms with Crippen molar-refractivity contribution in [2.24, 2.45) is 5.92 Å². The van der Waals surface area contributed by atoms with E-state index in [0.717, 1.165) is 17.7 Å². The lowest BCUT2D eigenvalue weighted by molar-refractivity contribution is -0.133. The van der Waals surface area contributed by atoms with E-state index in [1.165, 1.54) is 26.4 Å². The largest absolute Gasteiger partial charge is 0.490 e. The van der Waals surface area contributed by atoms with Gasteiger partial charge < -0.3 is 29.7 Å².